The van der Waals surface area contributed by atoms with Crippen LogP contribution in [0.5, 0.6) is 0 Å². The van der Waals surface area contributed by atoms with E-state index in [2.05, 4.69) is 22.2 Å². The van der Waals surface area contributed by atoms with Crippen molar-refractivity contribution in [1.82, 2.24) is 9.97 Å². The fourth-order valence-electron chi connectivity index (χ4n) is 1.56. The maximum absolute atomic E-state index is 5.84. The maximum atomic E-state index is 5.84. The molecule has 102 valence electrons. The molecule has 0 amide bonds. The highest BCUT2D eigenvalue weighted by Crippen LogP contribution is 2.18. The van der Waals surface area contributed by atoms with Crippen LogP contribution < -0.4 is 11.1 Å². The number of nitrogens with zero attached hydrogens (tertiary/aromatic N) is 2. The second kappa shape index (κ2) is 8.66. The first-order chi connectivity index (χ1) is 8.79. The Morgan fingerprint density at radius 3 is 2.83 bits per heavy atom. The maximum Gasteiger partial charge on any atom is 0.134 e. The van der Waals surface area contributed by atoms with Crippen molar-refractivity contribution in [3.63, 3.8) is 0 Å². The van der Waals surface area contributed by atoms with Gasteiger partial charge in [0.1, 0.15) is 18.0 Å². The number of rotatable bonds is 9. The topological polar surface area (TPSA) is 82.3 Å². The normalized spacial score (nSPS) is 10.6. The van der Waals surface area contributed by atoms with Crippen molar-refractivity contribution < 1.29 is 9.47 Å². The van der Waals surface area contributed by atoms with Crippen LogP contribution in [0, 0.1) is 0 Å². The van der Waals surface area contributed by atoms with E-state index < -0.39 is 0 Å². The van der Waals surface area contributed by atoms with Gasteiger partial charge < -0.3 is 20.5 Å². The van der Waals surface area contributed by atoms with E-state index in [0.29, 0.717) is 32.2 Å². The van der Waals surface area contributed by atoms with E-state index >= 15 is 0 Å². The molecule has 0 saturated heterocycles. The zero-order valence-electron chi connectivity index (χ0n) is 11.1. The monoisotopic (exact) mass is 254 g/mol. The van der Waals surface area contributed by atoms with Gasteiger partial charge in [-0.2, -0.15) is 0 Å². The average Bonchev–Trinajstić information content (AvgIpc) is 2.37. The van der Waals surface area contributed by atoms with Crippen molar-refractivity contribution in [3.8, 4) is 0 Å². The lowest BCUT2D eigenvalue weighted by atomic mass is 10.1. The summed E-state index contributed by atoms with van der Waals surface area (Å²) in [6.07, 6.45) is 3.36. The second-order valence-electron chi connectivity index (χ2n) is 3.87. The molecule has 18 heavy (non-hydrogen) atoms. The van der Waals surface area contributed by atoms with Gasteiger partial charge in [-0.25, -0.2) is 9.97 Å². The Balaban J connectivity index is 2.39. The van der Waals surface area contributed by atoms with Gasteiger partial charge in [0.05, 0.1) is 19.8 Å². The highest BCUT2D eigenvalue weighted by molar-refractivity contribution is 5.54. The Labute approximate surface area is 108 Å². The van der Waals surface area contributed by atoms with Crippen molar-refractivity contribution in [2.45, 2.75) is 19.8 Å². The van der Waals surface area contributed by atoms with Crippen LogP contribution >= 0.6 is 0 Å². The summed E-state index contributed by atoms with van der Waals surface area (Å²) >= 11 is 0. The SMILES string of the molecule is CCCc1c(N)ncnc1NCCOCCOC. The number of nitrogen functional groups attached to an aromatic ring is 1. The summed E-state index contributed by atoms with van der Waals surface area (Å²) in [5, 5.41) is 3.22. The first kappa shape index (κ1) is 14.7. The number of nitrogens with two attached hydrogens (primary N) is 1. The fourth-order valence-corrected chi connectivity index (χ4v) is 1.56. The summed E-state index contributed by atoms with van der Waals surface area (Å²) in [6, 6.07) is 0. The van der Waals surface area contributed by atoms with E-state index in [9.17, 15) is 0 Å². The molecule has 0 spiro atoms. The summed E-state index contributed by atoms with van der Waals surface area (Å²) in [5.41, 5.74) is 6.82. The van der Waals surface area contributed by atoms with Crippen LogP contribution in [-0.2, 0) is 15.9 Å². The molecular weight excluding hydrogens is 232 g/mol. The van der Waals surface area contributed by atoms with Gasteiger partial charge in [-0.15, -0.1) is 0 Å². The van der Waals surface area contributed by atoms with E-state index in [1.165, 1.54) is 6.33 Å². The number of aromatic nitrogens is 2. The molecule has 0 aliphatic rings. The quantitative estimate of drug-likeness (QED) is 0.642. The number of ether oxygens (including phenoxy) is 2. The Bertz CT molecular complexity index is 347. The first-order valence-corrected chi connectivity index (χ1v) is 6.19. The number of hydrogen-bond donors (Lipinski definition) is 2. The first-order valence-electron chi connectivity index (χ1n) is 6.19. The largest absolute Gasteiger partial charge is 0.383 e. The Morgan fingerprint density at radius 1 is 1.28 bits per heavy atom. The number of anilines is 2. The number of hydrogen-bond acceptors (Lipinski definition) is 6. The Kier molecular flexibility index (Phi) is 7.05. The number of nitrogens with one attached hydrogen (secondary N) is 1. The number of methoxy groups -OCH3 is 1. The summed E-state index contributed by atoms with van der Waals surface area (Å²) < 4.78 is 10.3. The average molecular weight is 254 g/mol. The minimum absolute atomic E-state index is 0.551. The minimum Gasteiger partial charge on any atom is -0.383 e. The van der Waals surface area contributed by atoms with E-state index in [4.69, 9.17) is 15.2 Å². The molecular formula is C12H22N4O2. The van der Waals surface area contributed by atoms with Gasteiger partial charge in [-0.1, -0.05) is 13.3 Å². The van der Waals surface area contributed by atoms with Crippen LogP contribution in [0.15, 0.2) is 6.33 Å². The van der Waals surface area contributed by atoms with Crippen LogP contribution in [-0.4, -0.2) is 43.4 Å². The highest BCUT2D eigenvalue weighted by Gasteiger charge is 2.07. The van der Waals surface area contributed by atoms with E-state index in [1.54, 1.807) is 7.11 Å². The molecule has 6 nitrogen and oxygen atoms in total. The molecule has 1 rings (SSSR count). The molecule has 0 aromatic carbocycles. The van der Waals surface area contributed by atoms with E-state index in [1.807, 2.05) is 0 Å². The van der Waals surface area contributed by atoms with Crippen LogP contribution in [0.2, 0.25) is 0 Å². The zero-order chi connectivity index (χ0) is 13.2. The molecule has 0 saturated carbocycles. The van der Waals surface area contributed by atoms with Gasteiger partial charge >= 0.3 is 0 Å². The lowest BCUT2D eigenvalue weighted by Crippen LogP contribution is -2.15. The van der Waals surface area contributed by atoms with Crippen molar-refractivity contribution in [1.29, 1.82) is 0 Å². The summed E-state index contributed by atoms with van der Waals surface area (Å²) in [5.74, 6) is 1.36. The molecule has 3 N–H and O–H groups in total. The van der Waals surface area contributed by atoms with Crippen molar-refractivity contribution in [2.24, 2.45) is 0 Å². The van der Waals surface area contributed by atoms with Crippen LogP contribution in [0.25, 0.3) is 0 Å². The molecule has 0 bridgehead atoms. The Hall–Kier alpha value is -1.40. The minimum atomic E-state index is 0.551. The van der Waals surface area contributed by atoms with E-state index in [0.717, 1.165) is 24.2 Å². The van der Waals surface area contributed by atoms with Crippen LogP contribution in [0.4, 0.5) is 11.6 Å². The van der Waals surface area contributed by atoms with Gasteiger partial charge in [0.2, 0.25) is 0 Å². The summed E-state index contributed by atoms with van der Waals surface area (Å²) in [6.45, 7) is 4.62. The third kappa shape index (κ3) is 4.85. The third-order valence-electron chi connectivity index (χ3n) is 2.45. The molecule has 1 aromatic heterocycles. The molecule has 0 atom stereocenters. The van der Waals surface area contributed by atoms with Crippen LogP contribution in [0.1, 0.15) is 18.9 Å². The fraction of sp³-hybridized carbons (Fsp3) is 0.667. The van der Waals surface area contributed by atoms with E-state index in [-0.39, 0.29) is 0 Å². The molecule has 0 aliphatic carbocycles. The van der Waals surface area contributed by atoms with Gasteiger partial charge in [-0.3, -0.25) is 0 Å². The van der Waals surface area contributed by atoms with Crippen LogP contribution in [0.3, 0.4) is 0 Å². The predicted octanol–water partition coefficient (Wildman–Crippen LogP) is 1.09. The standard InChI is InChI=1S/C12H22N4O2/c1-3-4-10-11(13)15-9-16-12(10)14-5-6-18-8-7-17-2/h9H,3-8H2,1-2H3,(H3,13,14,15,16). The lowest BCUT2D eigenvalue weighted by molar-refractivity contribution is 0.0759. The third-order valence-corrected chi connectivity index (χ3v) is 2.45. The van der Waals surface area contributed by atoms with Crippen molar-refractivity contribution >= 4 is 11.6 Å². The van der Waals surface area contributed by atoms with Gasteiger partial charge in [0.25, 0.3) is 0 Å². The van der Waals surface area contributed by atoms with Crippen molar-refractivity contribution in [3.05, 3.63) is 11.9 Å². The molecule has 0 aliphatic heterocycles. The smallest absolute Gasteiger partial charge is 0.134 e. The summed E-state index contributed by atoms with van der Waals surface area (Å²) in [4.78, 5) is 8.22. The molecule has 6 heteroatoms. The molecule has 0 unspecified atom stereocenters. The van der Waals surface area contributed by atoms with Gasteiger partial charge in [0, 0.05) is 19.2 Å². The highest BCUT2D eigenvalue weighted by atomic mass is 16.5. The molecule has 1 heterocycles. The van der Waals surface area contributed by atoms with Crippen molar-refractivity contribution in [2.75, 3.05) is 44.5 Å². The molecule has 0 radical (unpaired) electrons. The predicted molar refractivity (Wildman–Crippen MR) is 71.6 cm³/mol. The van der Waals surface area contributed by atoms with Gasteiger partial charge in [0.15, 0.2) is 0 Å². The Morgan fingerprint density at radius 2 is 2.11 bits per heavy atom. The second-order valence-corrected chi connectivity index (χ2v) is 3.87. The zero-order valence-corrected chi connectivity index (χ0v) is 11.1. The van der Waals surface area contributed by atoms with Gasteiger partial charge in [-0.05, 0) is 6.42 Å². The summed E-state index contributed by atoms with van der Waals surface area (Å²) in [7, 11) is 1.66. The molecule has 1 aromatic rings. The lowest BCUT2D eigenvalue weighted by Gasteiger charge is -2.11. The molecule has 0 fully saturated rings.